The van der Waals surface area contributed by atoms with Crippen molar-refractivity contribution in [2.45, 2.75) is 44.7 Å². The van der Waals surface area contributed by atoms with Gasteiger partial charge in [-0.05, 0) is 55.5 Å². The van der Waals surface area contributed by atoms with Gasteiger partial charge in [-0.25, -0.2) is 9.59 Å². The fraction of sp³-hybridized carbons (Fsp3) is 0.458. The van der Waals surface area contributed by atoms with Crippen LogP contribution in [-0.2, 0) is 20.8 Å². The SMILES string of the molecule is COC(=O)c1cc(NC(=O)CN(Cc2ccc(C3CC3C)o2)C2CC2)cc(C(=O)OC)c1. The smallest absolute Gasteiger partial charge is 0.337 e. The summed E-state index contributed by atoms with van der Waals surface area (Å²) in [5, 5.41) is 2.79. The monoisotopic (exact) mass is 440 g/mol. The Morgan fingerprint density at radius 3 is 2.22 bits per heavy atom. The number of ether oxygens (including phenoxy) is 2. The van der Waals surface area contributed by atoms with Crippen LogP contribution in [0.15, 0.2) is 34.7 Å². The summed E-state index contributed by atoms with van der Waals surface area (Å²) < 4.78 is 15.5. The van der Waals surface area contributed by atoms with E-state index in [4.69, 9.17) is 13.9 Å². The Morgan fingerprint density at radius 1 is 1.06 bits per heavy atom. The van der Waals surface area contributed by atoms with Gasteiger partial charge in [0.1, 0.15) is 11.5 Å². The van der Waals surface area contributed by atoms with Crippen molar-refractivity contribution in [2.75, 3.05) is 26.1 Å². The first kappa shape index (κ1) is 22.1. The van der Waals surface area contributed by atoms with Crippen molar-refractivity contribution in [3.05, 3.63) is 53.0 Å². The number of rotatable bonds is 9. The summed E-state index contributed by atoms with van der Waals surface area (Å²) >= 11 is 0. The Kier molecular flexibility index (Phi) is 6.32. The number of esters is 2. The zero-order valence-electron chi connectivity index (χ0n) is 18.6. The molecule has 2 saturated carbocycles. The minimum atomic E-state index is -0.607. The van der Waals surface area contributed by atoms with Crippen LogP contribution in [0.4, 0.5) is 5.69 Å². The molecular weight excluding hydrogens is 412 g/mol. The lowest BCUT2D eigenvalue weighted by atomic mass is 10.1. The molecule has 1 heterocycles. The topological polar surface area (TPSA) is 98.1 Å². The average Bonchev–Trinajstić information content (AvgIpc) is 3.71. The molecule has 1 N–H and O–H groups in total. The molecule has 0 spiro atoms. The normalized spacial score (nSPS) is 19.5. The number of carbonyl (C=O) groups is 3. The van der Waals surface area contributed by atoms with E-state index in [1.165, 1.54) is 38.8 Å². The Balaban J connectivity index is 1.43. The third kappa shape index (κ3) is 5.19. The lowest BCUT2D eigenvalue weighted by molar-refractivity contribution is -0.117. The van der Waals surface area contributed by atoms with Gasteiger partial charge < -0.3 is 19.2 Å². The molecule has 0 radical (unpaired) electrons. The molecule has 1 aromatic heterocycles. The van der Waals surface area contributed by atoms with E-state index in [-0.39, 0.29) is 23.6 Å². The molecular formula is C24H28N2O6. The van der Waals surface area contributed by atoms with Crippen molar-refractivity contribution < 1.29 is 28.3 Å². The Bertz CT molecular complexity index is 991. The van der Waals surface area contributed by atoms with Gasteiger partial charge in [0.05, 0.1) is 38.4 Å². The summed E-state index contributed by atoms with van der Waals surface area (Å²) in [6.07, 6.45) is 3.26. The number of nitrogens with zero attached hydrogens (tertiary/aromatic N) is 1. The lowest BCUT2D eigenvalue weighted by Crippen LogP contribution is -2.34. The molecule has 1 aromatic carbocycles. The second kappa shape index (κ2) is 9.16. The van der Waals surface area contributed by atoms with Crippen LogP contribution in [0.3, 0.4) is 0 Å². The number of hydrogen-bond acceptors (Lipinski definition) is 7. The number of amides is 1. The zero-order valence-corrected chi connectivity index (χ0v) is 18.6. The van der Waals surface area contributed by atoms with E-state index in [0.29, 0.717) is 30.1 Å². The number of benzene rings is 1. The molecule has 2 aromatic rings. The van der Waals surface area contributed by atoms with Gasteiger partial charge in [-0.1, -0.05) is 6.92 Å². The van der Waals surface area contributed by atoms with E-state index < -0.39 is 11.9 Å². The van der Waals surface area contributed by atoms with E-state index >= 15 is 0 Å². The second-order valence-electron chi connectivity index (χ2n) is 8.59. The first-order chi connectivity index (χ1) is 15.4. The Hall–Kier alpha value is -3.13. The number of nitrogens with one attached hydrogen (secondary N) is 1. The summed E-state index contributed by atoms with van der Waals surface area (Å²) in [4.78, 5) is 38.8. The van der Waals surface area contributed by atoms with Gasteiger partial charge in [-0.2, -0.15) is 0 Å². The van der Waals surface area contributed by atoms with Crippen molar-refractivity contribution in [1.82, 2.24) is 4.90 Å². The maximum atomic E-state index is 12.8. The van der Waals surface area contributed by atoms with Gasteiger partial charge in [0.15, 0.2) is 0 Å². The highest BCUT2D eigenvalue weighted by Crippen LogP contribution is 2.47. The van der Waals surface area contributed by atoms with Gasteiger partial charge in [-0.3, -0.25) is 9.69 Å². The van der Waals surface area contributed by atoms with Crippen LogP contribution >= 0.6 is 0 Å². The summed E-state index contributed by atoms with van der Waals surface area (Å²) in [7, 11) is 2.51. The highest BCUT2D eigenvalue weighted by molar-refractivity contribution is 5.99. The Labute approximate surface area is 186 Å². The molecule has 4 rings (SSSR count). The van der Waals surface area contributed by atoms with Crippen LogP contribution in [0, 0.1) is 5.92 Å². The standard InChI is InChI=1S/C24H28N2O6/c1-14-8-20(14)21-7-6-19(32-21)12-26(18-4-5-18)13-22(27)25-17-10-15(23(28)30-2)9-16(11-17)24(29)31-3/h6-7,9-11,14,18,20H,4-5,8,12-13H2,1-3H3,(H,25,27). The van der Waals surface area contributed by atoms with E-state index in [9.17, 15) is 14.4 Å². The number of hydrogen-bond donors (Lipinski definition) is 1. The third-order valence-electron chi connectivity index (χ3n) is 5.99. The van der Waals surface area contributed by atoms with E-state index in [1.54, 1.807) is 0 Å². The van der Waals surface area contributed by atoms with Crippen LogP contribution < -0.4 is 5.32 Å². The maximum absolute atomic E-state index is 12.8. The predicted molar refractivity (Wildman–Crippen MR) is 116 cm³/mol. The van der Waals surface area contributed by atoms with E-state index in [1.807, 2.05) is 12.1 Å². The number of carbonyl (C=O) groups excluding carboxylic acids is 3. The van der Waals surface area contributed by atoms with Crippen LogP contribution in [0.2, 0.25) is 0 Å². The molecule has 32 heavy (non-hydrogen) atoms. The molecule has 0 bridgehead atoms. The zero-order chi connectivity index (χ0) is 22.8. The second-order valence-corrected chi connectivity index (χ2v) is 8.59. The lowest BCUT2D eigenvalue weighted by Gasteiger charge is -2.20. The third-order valence-corrected chi connectivity index (χ3v) is 5.99. The molecule has 2 aliphatic rings. The number of anilines is 1. The molecule has 8 heteroatoms. The molecule has 2 unspecified atom stereocenters. The first-order valence-electron chi connectivity index (χ1n) is 10.8. The highest BCUT2D eigenvalue weighted by atomic mass is 16.5. The summed E-state index contributed by atoms with van der Waals surface area (Å²) in [6, 6.07) is 8.72. The van der Waals surface area contributed by atoms with Crippen LogP contribution in [0.25, 0.3) is 0 Å². The van der Waals surface area contributed by atoms with Crippen LogP contribution in [0.1, 0.15) is 64.3 Å². The van der Waals surface area contributed by atoms with Gasteiger partial charge >= 0.3 is 11.9 Å². The minimum Gasteiger partial charge on any atom is -0.465 e. The van der Waals surface area contributed by atoms with Crippen molar-refractivity contribution in [3.8, 4) is 0 Å². The molecule has 2 atom stereocenters. The van der Waals surface area contributed by atoms with Gasteiger partial charge in [-0.15, -0.1) is 0 Å². The maximum Gasteiger partial charge on any atom is 0.337 e. The fourth-order valence-corrected chi connectivity index (χ4v) is 3.91. The van der Waals surface area contributed by atoms with E-state index in [0.717, 1.165) is 24.4 Å². The number of methoxy groups -OCH3 is 2. The molecule has 1 amide bonds. The summed E-state index contributed by atoms with van der Waals surface area (Å²) in [5.74, 6) is 1.64. The van der Waals surface area contributed by atoms with Crippen LogP contribution in [-0.4, -0.2) is 49.6 Å². The first-order valence-corrected chi connectivity index (χ1v) is 10.8. The van der Waals surface area contributed by atoms with Crippen LogP contribution in [0.5, 0.6) is 0 Å². The van der Waals surface area contributed by atoms with Crippen molar-refractivity contribution in [2.24, 2.45) is 5.92 Å². The quantitative estimate of drug-likeness (QED) is 0.595. The minimum absolute atomic E-state index is 0.155. The molecule has 2 aliphatic carbocycles. The number of furan rings is 1. The van der Waals surface area contributed by atoms with Crippen molar-refractivity contribution in [1.29, 1.82) is 0 Å². The Morgan fingerprint density at radius 2 is 1.69 bits per heavy atom. The molecule has 0 aliphatic heterocycles. The van der Waals surface area contributed by atoms with Gasteiger partial charge in [0.2, 0.25) is 5.91 Å². The molecule has 2 fully saturated rings. The van der Waals surface area contributed by atoms with Crippen molar-refractivity contribution in [3.63, 3.8) is 0 Å². The molecule has 0 saturated heterocycles. The van der Waals surface area contributed by atoms with E-state index in [2.05, 4.69) is 17.1 Å². The summed E-state index contributed by atoms with van der Waals surface area (Å²) in [6.45, 7) is 2.96. The predicted octanol–water partition coefficient (Wildman–Crippen LogP) is 3.58. The van der Waals surface area contributed by atoms with Crippen molar-refractivity contribution >= 4 is 23.5 Å². The average molecular weight is 440 g/mol. The van der Waals surface area contributed by atoms with Gasteiger partial charge in [0.25, 0.3) is 0 Å². The highest BCUT2D eigenvalue weighted by Gasteiger charge is 2.37. The van der Waals surface area contributed by atoms with Gasteiger partial charge in [0, 0.05) is 17.6 Å². The molecule has 8 nitrogen and oxygen atoms in total. The molecule has 170 valence electrons. The summed E-state index contributed by atoms with van der Waals surface area (Å²) in [5.41, 5.74) is 0.640. The fourth-order valence-electron chi connectivity index (χ4n) is 3.91. The largest absolute Gasteiger partial charge is 0.465 e.